The van der Waals surface area contributed by atoms with Crippen molar-refractivity contribution in [1.29, 1.82) is 0 Å². The summed E-state index contributed by atoms with van der Waals surface area (Å²) in [5.74, 6) is 0.878. The molecular formula is C12H19NO2. The molecule has 3 nitrogen and oxygen atoms in total. The van der Waals surface area contributed by atoms with Gasteiger partial charge in [0.05, 0.1) is 6.61 Å². The van der Waals surface area contributed by atoms with Crippen LogP contribution in [0.5, 0.6) is 5.75 Å². The van der Waals surface area contributed by atoms with Crippen LogP contribution in [0.15, 0.2) is 24.3 Å². The molecule has 0 spiro atoms. The molecule has 0 aliphatic heterocycles. The minimum atomic E-state index is 0.00336. The summed E-state index contributed by atoms with van der Waals surface area (Å²) in [6, 6.07) is 7.88. The van der Waals surface area contributed by atoms with E-state index in [1.807, 2.05) is 31.2 Å². The van der Waals surface area contributed by atoms with Crippen molar-refractivity contribution < 1.29 is 9.47 Å². The van der Waals surface area contributed by atoms with Crippen molar-refractivity contribution in [3.05, 3.63) is 29.8 Å². The second-order valence-corrected chi connectivity index (χ2v) is 3.52. The number of methoxy groups -OCH3 is 1. The van der Waals surface area contributed by atoms with Gasteiger partial charge >= 0.3 is 0 Å². The molecule has 15 heavy (non-hydrogen) atoms. The lowest BCUT2D eigenvalue weighted by Gasteiger charge is -2.13. The number of para-hydroxylation sites is 1. The van der Waals surface area contributed by atoms with Gasteiger partial charge in [0.15, 0.2) is 0 Å². The third-order valence-electron chi connectivity index (χ3n) is 2.16. The van der Waals surface area contributed by atoms with Crippen LogP contribution in [-0.2, 0) is 4.74 Å². The summed E-state index contributed by atoms with van der Waals surface area (Å²) in [4.78, 5) is 0. The summed E-state index contributed by atoms with van der Waals surface area (Å²) in [7, 11) is 1.69. The Labute approximate surface area is 91.2 Å². The van der Waals surface area contributed by atoms with Crippen molar-refractivity contribution in [1.82, 2.24) is 0 Å². The highest BCUT2D eigenvalue weighted by Crippen LogP contribution is 2.23. The average molecular weight is 209 g/mol. The molecule has 0 aliphatic carbocycles. The normalized spacial score (nSPS) is 12.5. The minimum Gasteiger partial charge on any atom is -0.493 e. The number of ether oxygens (including phenoxy) is 2. The number of hydrogen-bond acceptors (Lipinski definition) is 3. The Kier molecular flexibility index (Phi) is 5.15. The number of nitrogens with two attached hydrogens (primary N) is 1. The van der Waals surface area contributed by atoms with Gasteiger partial charge in [-0.3, -0.25) is 0 Å². The lowest BCUT2D eigenvalue weighted by Crippen LogP contribution is -2.09. The van der Waals surface area contributed by atoms with Crippen molar-refractivity contribution in [3.63, 3.8) is 0 Å². The molecular weight excluding hydrogens is 190 g/mol. The fourth-order valence-electron chi connectivity index (χ4n) is 1.37. The fraction of sp³-hybridized carbons (Fsp3) is 0.500. The first-order valence-electron chi connectivity index (χ1n) is 5.22. The topological polar surface area (TPSA) is 44.5 Å². The summed E-state index contributed by atoms with van der Waals surface area (Å²) in [5, 5.41) is 0. The van der Waals surface area contributed by atoms with E-state index in [4.69, 9.17) is 15.2 Å². The van der Waals surface area contributed by atoms with Crippen LogP contribution in [0.25, 0.3) is 0 Å². The molecule has 0 aromatic heterocycles. The van der Waals surface area contributed by atoms with Crippen molar-refractivity contribution in [2.24, 2.45) is 5.73 Å². The first kappa shape index (κ1) is 12.0. The molecule has 0 heterocycles. The van der Waals surface area contributed by atoms with Crippen LogP contribution in [0.4, 0.5) is 0 Å². The van der Waals surface area contributed by atoms with E-state index in [1.54, 1.807) is 7.11 Å². The Bertz CT molecular complexity index is 287. The summed E-state index contributed by atoms with van der Waals surface area (Å²) in [6.45, 7) is 3.34. The molecule has 0 bridgehead atoms. The molecule has 2 N–H and O–H groups in total. The summed E-state index contributed by atoms with van der Waals surface area (Å²) < 4.78 is 10.6. The Morgan fingerprint density at radius 3 is 2.67 bits per heavy atom. The zero-order valence-corrected chi connectivity index (χ0v) is 9.40. The smallest absolute Gasteiger partial charge is 0.124 e. The van der Waals surface area contributed by atoms with E-state index in [0.717, 1.165) is 24.3 Å². The lowest BCUT2D eigenvalue weighted by molar-refractivity contribution is 0.171. The van der Waals surface area contributed by atoms with Crippen LogP contribution < -0.4 is 10.5 Å². The molecule has 1 aromatic carbocycles. The molecule has 0 aliphatic rings. The Morgan fingerprint density at radius 1 is 1.27 bits per heavy atom. The van der Waals surface area contributed by atoms with Gasteiger partial charge in [-0.05, 0) is 13.0 Å². The summed E-state index contributed by atoms with van der Waals surface area (Å²) >= 11 is 0. The third-order valence-corrected chi connectivity index (χ3v) is 2.16. The first-order chi connectivity index (χ1) is 7.25. The van der Waals surface area contributed by atoms with E-state index in [9.17, 15) is 0 Å². The molecule has 0 fully saturated rings. The Morgan fingerprint density at radius 2 is 2.00 bits per heavy atom. The highest BCUT2D eigenvalue weighted by molar-refractivity contribution is 5.35. The summed E-state index contributed by atoms with van der Waals surface area (Å²) in [6.07, 6.45) is 0.893. The van der Waals surface area contributed by atoms with Gasteiger partial charge < -0.3 is 15.2 Å². The van der Waals surface area contributed by atoms with E-state index in [-0.39, 0.29) is 6.04 Å². The van der Waals surface area contributed by atoms with Crippen LogP contribution in [0.2, 0.25) is 0 Å². The molecule has 0 saturated heterocycles. The predicted octanol–water partition coefficient (Wildman–Crippen LogP) is 2.12. The first-order valence-corrected chi connectivity index (χ1v) is 5.22. The van der Waals surface area contributed by atoms with Crippen LogP contribution in [0.1, 0.15) is 24.9 Å². The van der Waals surface area contributed by atoms with Crippen LogP contribution in [0.3, 0.4) is 0 Å². The second-order valence-electron chi connectivity index (χ2n) is 3.52. The molecule has 1 aromatic rings. The fourth-order valence-corrected chi connectivity index (χ4v) is 1.37. The van der Waals surface area contributed by atoms with Gasteiger partial charge in [-0.15, -0.1) is 0 Å². The average Bonchev–Trinajstić information content (AvgIpc) is 2.25. The maximum Gasteiger partial charge on any atom is 0.124 e. The van der Waals surface area contributed by atoms with Crippen LogP contribution >= 0.6 is 0 Å². The zero-order valence-electron chi connectivity index (χ0n) is 9.40. The van der Waals surface area contributed by atoms with Gasteiger partial charge in [0.25, 0.3) is 0 Å². The van der Waals surface area contributed by atoms with E-state index in [2.05, 4.69) is 0 Å². The van der Waals surface area contributed by atoms with Crippen LogP contribution in [-0.4, -0.2) is 20.3 Å². The summed E-state index contributed by atoms with van der Waals surface area (Å²) in [5.41, 5.74) is 6.89. The van der Waals surface area contributed by atoms with Gasteiger partial charge in [-0.1, -0.05) is 18.2 Å². The number of benzene rings is 1. The molecule has 3 heteroatoms. The van der Waals surface area contributed by atoms with Crippen molar-refractivity contribution in [2.75, 3.05) is 20.3 Å². The van der Waals surface area contributed by atoms with E-state index >= 15 is 0 Å². The molecule has 0 unspecified atom stereocenters. The molecule has 1 rings (SSSR count). The van der Waals surface area contributed by atoms with E-state index in [1.165, 1.54) is 0 Å². The highest BCUT2D eigenvalue weighted by Gasteiger charge is 2.06. The SMILES string of the molecule is COCCCOc1ccccc1[C@@H](C)N. The standard InChI is InChI=1S/C12H19NO2/c1-10(13)11-6-3-4-7-12(11)15-9-5-8-14-2/h3-4,6-7,10H,5,8-9,13H2,1-2H3/t10-/m1/s1. The van der Waals surface area contributed by atoms with Gasteiger partial charge in [0, 0.05) is 31.7 Å². The predicted molar refractivity (Wildman–Crippen MR) is 61.0 cm³/mol. The maximum atomic E-state index is 5.84. The Balaban J connectivity index is 2.52. The highest BCUT2D eigenvalue weighted by atomic mass is 16.5. The van der Waals surface area contributed by atoms with E-state index in [0.29, 0.717) is 6.61 Å². The molecule has 0 saturated carbocycles. The monoisotopic (exact) mass is 209 g/mol. The minimum absolute atomic E-state index is 0.00336. The van der Waals surface area contributed by atoms with Gasteiger partial charge in [0.1, 0.15) is 5.75 Å². The van der Waals surface area contributed by atoms with Crippen molar-refractivity contribution in [2.45, 2.75) is 19.4 Å². The number of rotatable bonds is 6. The maximum absolute atomic E-state index is 5.84. The van der Waals surface area contributed by atoms with Gasteiger partial charge in [-0.25, -0.2) is 0 Å². The van der Waals surface area contributed by atoms with Crippen molar-refractivity contribution >= 4 is 0 Å². The van der Waals surface area contributed by atoms with Crippen molar-refractivity contribution in [3.8, 4) is 5.75 Å². The quantitative estimate of drug-likeness (QED) is 0.730. The Hall–Kier alpha value is -1.06. The van der Waals surface area contributed by atoms with E-state index < -0.39 is 0 Å². The zero-order chi connectivity index (χ0) is 11.1. The molecule has 84 valence electrons. The third kappa shape index (κ3) is 3.90. The number of hydrogen-bond donors (Lipinski definition) is 1. The van der Waals surface area contributed by atoms with Gasteiger partial charge in [-0.2, -0.15) is 0 Å². The van der Waals surface area contributed by atoms with Gasteiger partial charge in [0.2, 0.25) is 0 Å². The lowest BCUT2D eigenvalue weighted by atomic mass is 10.1. The second kappa shape index (κ2) is 6.43. The molecule has 1 atom stereocenters. The molecule has 0 amide bonds. The molecule has 0 radical (unpaired) electrons. The van der Waals surface area contributed by atoms with Crippen LogP contribution in [0, 0.1) is 0 Å². The largest absolute Gasteiger partial charge is 0.493 e.